The van der Waals surface area contributed by atoms with Crippen LogP contribution in [-0.4, -0.2) is 55.0 Å². The molecule has 0 aromatic carbocycles. The first-order valence-corrected chi connectivity index (χ1v) is 9.03. The molecular formula is C13H23N4O3Tl. The molecular weight excluding hydrogens is 465 g/mol. The fourth-order valence-corrected chi connectivity index (χ4v) is 3.03. The van der Waals surface area contributed by atoms with Crippen LogP contribution in [0, 0.1) is 0 Å². The van der Waals surface area contributed by atoms with Crippen molar-refractivity contribution in [2.24, 2.45) is 5.73 Å². The molecule has 8 heteroatoms. The second-order valence-corrected chi connectivity index (χ2v) is 5.80. The number of anilines is 1. The molecule has 1 fully saturated rings. The Morgan fingerprint density at radius 1 is 1.52 bits per heavy atom. The Hall–Kier alpha value is -0.518. The summed E-state index contributed by atoms with van der Waals surface area (Å²) in [7, 11) is 0. The van der Waals surface area contributed by atoms with E-state index in [1.54, 1.807) is 6.20 Å². The predicted molar refractivity (Wildman–Crippen MR) is 81.9 cm³/mol. The van der Waals surface area contributed by atoms with E-state index in [1.165, 1.54) is 4.57 Å². The summed E-state index contributed by atoms with van der Waals surface area (Å²) in [5.41, 5.74) is 11.6. The zero-order chi connectivity index (χ0) is 15.8. The maximum atomic E-state index is 11.9. The molecule has 4 N–H and O–H groups in total. The van der Waals surface area contributed by atoms with Crippen molar-refractivity contribution < 1.29 is 7.42 Å². The van der Waals surface area contributed by atoms with Gasteiger partial charge in [-0.3, -0.25) is 0 Å². The molecule has 116 valence electrons. The van der Waals surface area contributed by atoms with Crippen LogP contribution in [0.3, 0.4) is 0 Å². The number of nitrogen functional groups attached to an aromatic ring is 1. The first-order chi connectivity index (χ1) is 10.2. The molecule has 0 amide bonds. The van der Waals surface area contributed by atoms with Crippen LogP contribution in [-0.2, 0) is 13.8 Å². The molecule has 2 rings (SSSR count). The summed E-state index contributed by atoms with van der Waals surface area (Å²) in [6, 6.07) is 0. The van der Waals surface area contributed by atoms with Crippen molar-refractivity contribution in [3.63, 3.8) is 0 Å². The van der Waals surface area contributed by atoms with Crippen LogP contribution in [0.2, 0.25) is 0 Å². The number of nitrogens with zero attached hydrogens (tertiary/aromatic N) is 2. The molecule has 1 saturated heterocycles. The summed E-state index contributed by atoms with van der Waals surface area (Å²) in [5, 5.41) is 0. The first-order valence-electron chi connectivity index (χ1n) is 7.20. The van der Waals surface area contributed by atoms with Crippen molar-refractivity contribution in [2.45, 2.75) is 45.4 Å². The molecule has 1 aromatic rings. The molecule has 2 unspecified atom stereocenters. The zero-order valence-electron chi connectivity index (χ0n) is 12.6. The van der Waals surface area contributed by atoms with Crippen LogP contribution < -0.4 is 17.2 Å². The minimum absolute atomic E-state index is 0.0670. The topological polar surface area (TPSA) is 105 Å². The van der Waals surface area contributed by atoms with Gasteiger partial charge in [0.2, 0.25) is 0 Å². The SMILES string of the molecule is CC.NCCc1cn(C2CCC(C[O][Tl])O2)c(=O)nc1N. The molecule has 7 nitrogen and oxygen atoms in total. The average molecular weight is 488 g/mol. The number of aromatic nitrogens is 2. The van der Waals surface area contributed by atoms with Gasteiger partial charge in [0.1, 0.15) is 0 Å². The van der Waals surface area contributed by atoms with Crippen LogP contribution in [0.25, 0.3) is 0 Å². The van der Waals surface area contributed by atoms with E-state index >= 15 is 0 Å². The van der Waals surface area contributed by atoms with Crippen LogP contribution in [0.15, 0.2) is 11.0 Å². The van der Waals surface area contributed by atoms with Gasteiger partial charge in [-0.25, -0.2) is 0 Å². The van der Waals surface area contributed by atoms with Gasteiger partial charge < -0.3 is 0 Å². The van der Waals surface area contributed by atoms with Crippen LogP contribution >= 0.6 is 0 Å². The van der Waals surface area contributed by atoms with Crippen molar-refractivity contribution in [2.75, 3.05) is 18.9 Å². The van der Waals surface area contributed by atoms with E-state index in [-0.39, 0.29) is 23.8 Å². The first kappa shape index (κ1) is 18.5. The summed E-state index contributed by atoms with van der Waals surface area (Å²) in [4.78, 5) is 15.7. The second-order valence-electron chi connectivity index (χ2n) is 4.50. The van der Waals surface area contributed by atoms with Crippen molar-refractivity contribution in [3.8, 4) is 0 Å². The predicted octanol–water partition coefficient (Wildman–Crippen LogP) is 0.131. The standard InChI is InChI=1S/C11H17N4O3.C2H6.Tl/c12-4-3-7-5-15(11(17)14-10(7)13)9-2-1-8(6-16)18-9;1-2;/h5,8-9H,1-4,6,12H2,(H2,13,14,17);1-2H3;/q-1;;+1. The van der Waals surface area contributed by atoms with Crippen molar-refractivity contribution >= 4 is 32.0 Å². The Kier molecular flexibility index (Phi) is 8.37. The maximum absolute atomic E-state index is 11.9. The second kappa shape index (κ2) is 9.49. The van der Waals surface area contributed by atoms with Gasteiger partial charge in [-0.15, -0.1) is 0 Å². The van der Waals surface area contributed by atoms with E-state index in [1.807, 2.05) is 13.8 Å². The van der Waals surface area contributed by atoms with Crippen molar-refractivity contribution in [3.05, 3.63) is 22.2 Å². The fraction of sp³-hybridized carbons (Fsp3) is 0.692. The molecule has 1 aliphatic rings. The number of rotatable bonds is 5. The number of nitrogens with two attached hydrogens (primary N) is 2. The van der Waals surface area contributed by atoms with Gasteiger partial charge in [-0.1, -0.05) is 13.8 Å². The third-order valence-corrected chi connectivity index (χ3v) is 3.90. The Labute approximate surface area is 141 Å². The van der Waals surface area contributed by atoms with E-state index in [9.17, 15) is 4.79 Å². The van der Waals surface area contributed by atoms with Crippen LogP contribution in [0.5, 0.6) is 0 Å². The van der Waals surface area contributed by atoms with E-state index < -0.39 is 0 Å². The number of hydrogen-bond acceptors (Lipinski definition) is 6. The molecule has 1 aromatic heterocycles. The summed E-state index contributed by atoms with van der Waals surface area (Å²) in [6.07, 6.45) is 3.78. The molecule has 0 bridgehead atoms. The van der Waals surface area contributed by atoms with E-state index in [2.05, 4.69) is 4.98 Å². The van der Waals surface area contributed by atoms with Gasteiger partial charge in [0.05, 0.1) is 0 Å². The van der Waals surface area contributed by atoms with Gasteiger partial charge in [0.15, 0.2) is 0 Å². The summed E-state index contributed by atoms with van der Waals surface area (Å²) in [5.74, 6) is 0.255. The third kappa shape index (κ3) is 5.01. The Morgan fingerprint density at radius 2 is 2.24 bits per heavy atom. The molecule has 2 atom stereocenters. The number of hydrogen-bond donors (Lipinski definition) is 2. The van der Waals surface area contributed by atoms with Gasteiger partial charge in [0.25, 0.3) is 0 Å². The normalized spacial score (nSPS) is 20.9. The van der Waals surface area contributed by atoms with Gasteiger partial charge in [-0.2, -0.15) is 0 Å². The molecule has 21 heavy (non-hydrogen) atoms. The Balaban J connectivity index is 0.00000106. The van der Waals surface area contributed by atoms with Gasteiger partial charge in [-0.05, 0) is 0 Å². The Morgan fingerprint density at radius 3 is 2.86 bits per heavy atom. The number of ether oxygens (including phenoxy) is 1. The van der Waals surface area contributed by atoms with Crippen LogP contribution in [0.1, 0.15) is 38.5 Å². The molecule has 0 aliphatic carbocycles. The quantitative estimate of drug-likeness (QED) is 0.572. The summed E-state index contributed by atoms with van der Waals surface area (Å²) in [6.45, 7) is 5.07. The van der Waals surface area contributed by atoms with Crippen molar-refractivity contribution in [1.82, 2.24) is 9.55 Å². The molecule has 2 heterocycles. The monoisotopic (exact) mass is 488 g/mol. The van der Waals surface area contributed by atoms with Crippen LogP contribution in [0.4, 0.5) is 5.82 Å². The molecule has 0 saturated carbocycles. The molecule has 0 spiro atoms. The molecule has 1 aliphatic heterocycles. The summed E-state index contributed by atoms with van der Waals surface area (Å²) >= 11 is 0.504. The van der Waals surface area contributed by atoms with E-state index in [0.29, 0.717) is 45.8 Å². The van der Waals surface area contributed by atoms with E-state index in [4.69, 9.17) is 18.9 Å². The fourth-order valence-electron chi connectivity index (χ4n) is 2.20. The summed E-state index contributed by atoms with van der Waals surface area (Å²) < 4.78 is 12.5. The third-order valence-electron chi connectivity index (χ3n) is 3.15. The zero-order valence-corrected chi connectivity index (χ0v) is 17.1. The van der Waals surface area contributed by atoms with Gasteiger partial charge in [0, 0.05) is 0 Å². The van der Waals surface area contributed by atoms with E-state index in [0.717, 1.165) is 18.4 Å². The minimum atomic E-state index is -0.377. The van der Waals surface area contributed by atoms with Gasteiger partial charge >= 0.3 is 127 Å². The van der Waals surface area contributed by atoms with Crippen molar-refractivity contribution in [1.29, 1.82) is 0 Å². The average Bonchev–Trinajstić information content (AvgIpc) is 2.93. The molecule has 0 radical (unpaired) electrons. The Bertz CT molecular complexity index is 495.